The summed E-state index contributed by atoms with van der Waals surface area (Å²) in [5.41, 5.74) is 1.41. The molecule has 0 radical (unpaired) electrons. The molecule has 0 spiro atoms. The van der Waals surface area contributed by atoms with E-state index in [9.17, 15) is 13.2 Å². The summed E-state index contributed by atoms with van der Waals surface area (Å²) >= 11 is 0. The van der Waals surface area contributed by atoms with Gasteiger partial charge in [0.25, 0.3) is 0 Å². The zero-order valence-electron chi connectivity index (χ0n) is 20.2. The lowest BCUT2D eigenvalue weighted by molar-refractivity contribution is 0.201. The van der Waals surface area contributed by atoms with Crippen molar-refractivity contribution in [3.63, 3.8) is 0 Å². The van der Waals surface area contributed by atoms with Crippen molar-refractivity contribution in [1.82, 2.24) is 4.90 Å². The van der Waals surface area contributed by atoms with Crippen LogP contribution in [0.4, 0.5) is 10.5 Å². The molecule has 0 bridgehead atoms. The second kappa shape index (κ2) is 11.6. The van der Waals surface area contributed by atoms with Gasteiger partial charge in [0, 0.05) is 13.1 Å². The molecular formula is C26H30N2O6S. The lowest BCUT2D eigenvalue weighted by Crippen LogP contribution is -2.37. The van der Waals surface area contributed by atoms with Gasteiger partial charge >= 0.3 is 16.1 Å². The summed E-state index contributed by atoms with van der Waals surface area (Å²) in [7, 11) is -0.930. The Morgan fingerprint density at radius 3 is 2.11 bits per heavy atom. The van der Waals surface area contributed by atoms with Gasteiger partial charge in [-0.15, -0.1) is 0 Å². The van der Waals surface area contributed by atoms with Gasteiger partial charge in [-0.2, -0.15) is 8.42 Å². The first-order valence-corrected chi connectivity index (χ1v) is 12.5. The standard InChI is InChI=1S/C26H30N2O6S/c1-19(2)17-28(26(29)27-24-7-5-6-8-25(24)33-4)18-20-9-11-22(12-10-20)34-35(30,31)23-15-13-21(32-3)14-16-23/h5-16,19H,17-18H2,1-4H3,(H,27,29). The van der Waals surface area contributed by atoms with Crippen LogP contribution < -0.4 is 19.0 Å². The van der Waals surface area contributed by atoms with E-state index in [-0.39, 0.29) is 22.6 Å². The van der Waals surface area contributed by atoms with Gasteiger partial charge in [0.2, 0.25) is 0 Å². The normalized spacial score (nSPS) is 11.1. The van der Waals surface area contributed by atoms with Crippen molar-refractivity contribution in [3.8, 4) is 17.2 Å². The minimum Gasteiger partial charge on any atom is -0.497 e. The average molecular weight is 499 g/mol. The summed E-state index contributed by atoms with van der Waals surface area (Å²) in [6, 6.07) is 19.5. The number of nitrogens with zero attached hydrogens (tertiary/aromatic N) is 1. The second-order valence-electron chi connectivity index (χ2n) is 8.26. The number of ether oxygens (including phenoxy) is 2. The topological polar surface area (TPSA) is 94.2 Å². The molecule has 0 aromatic heterocycles. The van der Waals surface area contributed by atoms with Crippen LogP contribution in [-0.4, -0.2) is 40.1 Å². The highest BCUT2D eigenvalue weighted by Crippen LogP contribution is 2.25. The van der Waals surface area contributed by atoms with Crippen LogP contribution in [0.3, 0.4) is 0 Å². The fraction of sp³-hybridized carbons (Fsp3) is 0.269. The molecule has 0 unspecified atom stereocenters. The number of rotatable bonds is 10. The van der Waals surface area contributed by atoms with E-state index in [0.29, 0.717) is 30.3 Å². The zero-order valence-corrected chi connectivity index (χ0v) is 21.0. The van der Waals surface area contributed by atoms with E-state index in [2.05, 4.69) is 5.32 Å². The minimum atomic E-state index is -3.99. The number of carbonyl (C=O) groups excluding carboxylic acids is 1. The Morgan fingerprint density at radius 1 is 0.886 bits per heavy atom. The summed E-state index contributed by atoms with van der Waals surface area (Å²) in [6.07, 6.45) is 0. The monoisotopic (exact) mass is 498 g/mol. The fourth-order valence-electron chi connectivity index (χ4n) is 3.39. The van der Waals surface area contributed by atoms with Crippen molar-refractivity contribution in [2.75, 3.05) is 26.1 Å². The van der Waals surface area contributed by atoms with Gasteiger partial charge in [0.15, 0.2) is 0 Å². The van der Waals surface area contributed by atoms with Crippen LogP contribution in [0.2, 0.25) is 0 Å². The molecule has 0 aliphatic heterocycles. The van der Waals surface area contributed by atoms with Crippen LogP contribution >= 0.6 is 0 Å². The molecular weight excluding hydrogens is 468 g/mol. The third kappa shape index (κ3) is 7.13. The minimum absolute atomic E-state index is 0.0264. The van der Waals surface area contributed by atoms with Gasteiger partial charge in [0.05, 0.1) is 19.9 Å². The predicted octanol–water partition coefficient (Wildman–Crippen LogP) is 5.16. The molecule has 3 aromatic rings. The lowest BCUT2D eigenvalue weighted by Gasteiger charge is -2.25. The van der Waals surface area contributed by atoms with Crippen molar-refractivity contribution in [2.24, 2.45) is 5.92 Å². The molecule has 0 fully saturated rings. The van der Waals surface area contributed by atoms with Gasteiger partial charge in [-0.25, -0.2) is 4.79 Å². The Morgan fingerprint density at radius 2 is 1.51 bits per heavy atom. The molecule has 3 rings (SSSR count). The number of carbonyl (C=O) groups is 1. The van der Waals surface area contributed by atoms with Crippen LogP contribution in [0, 0.1) is 5.92 Å². The first-order chi connectivity index (χ1) is 16.7. The van der Waals surface area contributed by atoms with E-state index in [0.717, 1.165) is 5.56 Å². The summed E-state index contributed by atoms with van der Waals surface area (Å²) in [5, 5.41) is 2.90. The highest BCUT2D eigenvalue weighted by Gasteiger charge is 2.19. The van der Waals surface area contributed by atoms with E-state index < -0.39 is 10.1 Å². The van der Waals surface area contributed by atoms with Crippen LogP contribution in [0.25, 0.3) is 0 Å². The summed E-state index contributed by atoms with van der Waals surface area (Å²) in [5.74, 6) is 1.55. The molecule has 3 aromatic carbocycles. The number of benzene rings is 3. The fourth-order valence-corrected chi connectivity index (χ4v) is 4.32. The number of anilines is 1. The SMILES string of the molecule is COc1ccc(S(=O)(=O)Oc2ccc(CN(CC(C)C)C(=O)Nc3ccccc3OC)cc2)cc1. The maximum atomic E-state index is 13.0. The highest BCUT2D eigenvalue weighted by atomic mass is 32.2. The van der Waals surface area contributed by atoms with E-state index >= 15 is 0 Å². The van der Waals surface area contributed by atoms with Crippen molar-refractivity contribution >= 4 is 21.8 Å². The van der Waals surface area contributed by atoms with E-state index in [1.54, 1.807) is 60.5 Å². The molecule has 0 saturated carbocycles. The third-order valence-electron chi connectivity index (χ3n) is 5.07. The van der Waals surface area contributed by atoms with Gasteiger partial charge in [-0.05, 0) is 60.0 Å². The molecule has 0 heterocycles. The lowest BCUT2D eigenvalue weighted by atomic mass is 10.1. The molecule has 0 aliphatic rings. The summed E-state index contributed by atoms with van der Waals surface area (Å²) in [4.78, 5) is 14.7. The Balaban J connectivity index is 1.70. The number of methoxy groups -OCH3 is 2. The van der Waals surface area contributed by atoms with Crippen LogP contribution in [0.1, 0.15) is 19.4 Å². The maximum absolute atomic E-state index is 13.0. The number of nitrogens with one attached hydrogen (secondary N) is 1. The van der Waals surface area contributed by atoms with E-state index in [1.165, 1.54) is 19.2 Å². The maximum Gasteiger partial charge on any atom is 0.339 e. The van der Waals surface area contributed by atoms with Gasteiger partial charge < -0.3 is 23.9 Å². The van der Waals surface area contributed by atoms with Crippen LogP contribution in [0.5, 0.6) is 17.2 Å². The quantitative estimate of drug-likeness (QED) is 0.388. The Bertz CT molecular complexity index is 1230. The number of hydrogen-bond donors (Lipinski definition) is 1. The molecule has 1 N–H and O–H groups in total. The molecule has 8 nitrogen and oxygen atoms in total. The smallest absolute Gasteiger partial charge is 0.339 e. The molecule has 0 saturated heterocycles. The van der Waals surface area contributed by atoms with Crippen molar-refractivity contribution in [3.05, 3.63) is 78.4 Å². The van der Waals surface area contributed by atoms with Crippen molar-refractivity contribution in [2.45, 2.75) is 25.3 Å². The zero-order chi connectivity index (χ0) is 25.4. The van der Waals surface area contributed by atoms with Crippen molar-refractivity contribution in [1.29, 1.82) is 0 Å². The van der Waals surface area contributed by atoms with Gasteiger partial charge in [-0.3, -0.25) is 0 Å². The Kier molecular flexibility index (Phi) is 8.59. The predicted molar refractivity (Wildman–Crippen MR) is 135 cm³/mol. The van der Waals surface area contributed by atoms with Gasteiger partial charge in [-0.1, -0.05) is 38.1 Å². The first-order valence-electron chi connectivity index (χ1n) is 11.1. The summed E-state index contributed by atoms with van der Waals surface area (Å²) < 4.78 is 40.8. The van der Waals surface area contributed by atoms with E-state index in [1.807, 2.05) is 26.0 Å². The number of para-hydroxylation sites is 2. The third-order valence-corrected chi connectivity index (χ3v) is 6.33. The Hall–Kier alpha value is -3.72. The first kappa shape index (κ1) is 25.9. The molecule has 186 valence electrons. The van der Waals surface area contributed by atoms with E-state index in [4.69, 9.17) is 13.7 Å². The molecule has 0 aliphatic carbocycles. The van der Waals surface area contributed by atoms with Crippen LogP contribution in [0.15, 0.2) is 77.7 Å². The second-order valence-corrected chi connectivity index (χ2v) is 9.81. The van der Waals surface area contributed by atoms with Gasteiger partial charge in [0.1, 0.15) is 22.1 Å². The summed E-state index contributed by atoms with van der Waals surface area (Å²) in [6.45, 7) is 4.93. The highest BCUT2D eigenvalue weighted by molar-refractivity contribution is 7.87. The molecule has 2 amide bonds. The van der Waals surface area contributed by atoms with Crippen LogP contribution in [-0.2, 0) is 16.7 Å². The Labute approximate surface area is 206 Å². The molecule has 0 atom stereocenters. The molecule has 35 heavy (non-hydrogen) atoms. The molecule has 9 heteroatoms. The number of amides is 2. The number of urea groups is 1. The number of hydrogen-bond acceptors (Lipinski definition) is 6. The largest absolute Gasteiger partial charge is 0.497 e. The average Bonchev–Trinajstić information content (AvgIpc) is 2.84. The van der Waals surface area contributed by atoms with Crippen molar-refractivity contribution < 1.29 is 26.9 Å².